The summed E-state index contributed by atoms with van der Waals surface area (Å²) in [5, 5.41) is 25.8. The Morgan fingerprint density at radius 2 is 2.50 bits per heavy atom. The van der Waals surface area contributed by atoms with Crippen LogP contribution >= 0.6 is 0 Å². The zero-order chi connectivity index (χ0) is 11.5. The largest absolute Gasteiger partial charge is 0.456 e. The molecule has 4 N–H and O–H groups in total. The molecule has 1 fully saturated rings. The van der Waals surface area contributed by atoms with Crippen molar-refractivity contribution >= 4 is 0 Å². The van der Waals surface area contributed by atoms with Crippen LogP contribution in [-0.4, -0.2) is 51.7 Å². The molecule has 1 aliphatic rings. The lowest BCUT2D eigenvalue weighted by molar-refractivity contribution is -0.00403. The summed E-state index contributed by atoms with van der Waals surface area (Å²) >= 11 is 0. The second-order valence-corrected chi connectivity index (χ2v) is 3.48. The number of aliphatic hydroxyl groups excluding tert-OH is 2. The maximum Gasteiger partial charge on any atom is 0.295 e. The number of H-pyrrole nitrogens is 1. The summed E-state index contributed by atoms with van der Waals surface area (Å²) in [4.78, 5) is 6.49. The van der Waals surface area contributed by atoms with Crippen molar-refractivity contribution in [3.63, 3.8) is 0 Å². The molecule has 0 bridgehead atoms. The first kappa shape index (κ1) is 11.1. The highest BCUT2D eigenvalue weighted by Crippen LogP contribution is 2.17. The first-order valence-corrected chi connectivity index (χ1v) is 4.88. The van der Waals surface area contributed by atoms with Crippen LogP contribution in [0.15, 0.2) is 12.3 Å². The maximum absolute atomic E-state index is 9.68. The standard InChI is InChI=1S/C9H13N3O4/c10-7-1-2-11-9(12-7)16-6-4-15-5(3-13)8(6)14/h1-2,5-6,8,13-14H,3-4H2,(H2,10,11,12)/t5?,6?,8-/m1/s1. The third kappa shape index (κ3) is 2.21. The van der Waals surface area contributed by atoms with Crippen molar-refractivity contribution in [1.82, 2.24) is 9.97 Å². The molecule has 7 nitrogen and oxygen atoms in total. The molecule has 0 aliphatic carbocycles. The minimum absolute atomic E-state index is 0.0702. The molecular formula is C9H13N3O4. The van der Waals surface area contributed by atoms with Crippen LogP contribution in [0.5, 0.6) is 6.01 Å². The quantitative estimate of drug-likeness (QED) is 0.496. The Kier molecular flexibility index (Phi) is 3.18. The molecule has 0 radical (unpaired) electrons. The molecule has 0 saturated carbocycles. The molecule has 16 heavy (non-hydrogen) atoms. The van der Waals surface area contributed by atoms with Gasteiger partial charge in [0.2, 0.25) is 0 Å². The molecular weight excluding hydrogens is 214 g/mol. The van der Waals surface area contributed by atoms with E-state index in [4.69, 9.17) is 20.0 Å². The molecule has 2 rings (SSSR count). The van der Waals surface area contributed by atoms with Crippen LogP contribution in [0.25, 0.3) is 0 Å². The van der Waals surface area contributed by atoms with Crippen LogP contribution in [0.2, 0.25) is 0 Å². The zero-order valence-corrected chi connectivity index (χ0v) is 8.46. The van der Waals surface area contributed by atoms with E-state index in [1.807, 2.05) is 0 Å². The average molecular weight is 227 g/mol. The highest BCUT2D eigenvalue weighted by Gasteiger charge is 2.37. The van der Waals surface area contributed by atoms with Crippen molar-refractivity contribution in [2.45, 2.75) is 18.3 Å². The van der Waals surface area contributed by atoms with E-state index in [0.29, 0.717) is 0 Å². The second kappa shape index (κ2) is 4.60. The summed E-state index contributed by atoms with van der Waals surface area (Å²) in [7, 11) is 0. The summed E-state index contributed by atoms with van der Waals surface area (Å²) in [6, 6.07) is 1.63. The van der Waals surface area contributed by atoms with Crippen LogP contribution < -0.4 is 10.2 Å². The van der Waals surface area contributed by atoms with Crippen LogP contribution in [0, 0.1) is 5.41 Å². The smallest absolute Gasteiger partial charge is 0.295 e. The predicted molar refractivity (Wildman–Crippen MR) is 51.7 cm³/mol. The molecule has 1 aliphatic heterocycles. The van der Waals surface area contributed by atoms with Gasteiger partial charge in [-0.05, 0) is 6.07 Å². The number of ether oxygens (including phenoxy) is 2. The van der Waals surface area contributed by atoms with Gasteiger partial charge in [-0.2, -0.15) is 4.98 Å². The van der Waals surface area contributed by atoms with Crippen LogP contribution in [0.1, 0.15) is 0 Å². The number of hydrogen-bond acceptors (Lipinski definition) is 6. The normalized spacial score (nSPS) is 29.2. The summed E-state index contributed by atoms with van der Waals surface area (Å²) in [5.74, 6) is 0. The summed E-state index contributed by atoms with van der Waals surface area (Å²) in [5.41, 5.74) is 0.0702. The first-order chi connectivity index (χ1) is 7.70. The van der Waals surface area contributed by atoms with Crippen LogP contribution in [-0.2, 0) is 4.74 Å². The van der Waals surface area contributed by atoms with Crippen LogP contribution in [0.4, 0.5) is 0 Å². The monoisotopic (exact) mass is 227 g/mol. The summed E-state index contributed by atoms with van der Waals surface area (Å²) in [6.45, 7) is -0.0687. The minimum Gasteiger partial charge on any atom is -0.456 e. The van der Waals surface area contributed by atoms with Gasteiger partial charge in [-0.15, -0.1) is 0 Å². The zero-order valence-electron chi connectivity index (χ0n) is 8.46. The number of aromatic nitrogens is 2. The molecule has 1 aromatic rings. The van der Waals surface area contributed by atoms with E-state index in [9.17, 15) is 5.11 Å². The summed E-state index contributed by atoms with van der Waals surface area (Å²) < 4.78 is 10.4. The van der Waals surface area contributed by atoms with Crippen molar-refractivity contribution < 1.29 is 19.7 Å². The van der Waals surface area contributed by atoms with Gasteiger partial charge < -0.3 is 24.7 Å². The van der Waals surface area contributed by atoms with Crippen molar-refractivity contribution in [3.8, 4) is 6.01 Å². The summed E-state index contributed by atoms with van der Waals surface area (Å²) in [6.07, 6.45) is -0.572. The van der Waals surface area contributed by atoms with Gasteiger partial charge in [-0.1, -0.05) is 0 Å². The van der Waals surface area contributed by atoms with E-state index >= 15 is 0 Å². The molecule has 2 heterocycles. The van der Waals surface area contributed by atoms with E-state index < -0.39 is 18.3 Å². The SMILES string of the molecule is N=c1cc[nH]c(OC2COC(CO)[C@H]2O)n1. The van der Waals surface area contributed by atoms with Crippen LogP contribution in [0.3, 0.4) is 0 Å². The third-order valence-corrected chi connectivity index (χ3v) is 2.35. The Morgan fingerprint density at radius 1 is 1.69 bits per heavy atom. The fraction of sp³-hybridized carbons (Fsp3) is 0.556. The number of hydrogen-bond donors (Lipinski definition) is 4. The Balaban J connectivity index is 2.03. The van der Waals surface area contributed by atoms with E-state index in [0.717, 1.165) is 0 Å². The van der Waals surface area contributed by atoms with Gasteiger partial charge in [0.25, 0.3) is 6.01 Å². The number of aromatic amines is 1. The molecule has 0 aromatic carbocycles. The molecule has 1 saturated heterocycles. The van der Waals surface area contributed by atoms with Crippen molar-refractivity contribution in [2.24, 2.45) is 0 Å². The third-order valence-electron chi connectivity index (χ3n) is 2.35. The van der Waals surface area contributed by atoms with Gasteiger partial charge in [0.15, 0.2) is 11.6 Å². The van der Waals surface area contributed by atoms with Crippen molar-refractivity contribution in [2.75, 3.05) is 13.2 Å². The Bertz CT molecular complexity index is 408. The number of aliphatic hydroxyl groups is 2. The molecule has 7 heteroatoms. The molecule has 2 unspecified atom stereocenters. The number of rotatable bonds is 3. The lowest BCUT2D eigenvalue weighted by Gasteiger charge is -2.16. The maximum atomic E-state index is 9.68. The highest BCUT2D eigenvalue weighted by atomic mass is 16.6. The molecule has 88 valence electrons. The van der Waals surface area contributed by atoms with Crippen molar-refractivity contribution in [3.05, 3.63) is 17.8 Å². The number of nitrogens with zero attached hydrogens (tertiary/aromatic N) is 1. The van der Waals surface area contributed by atoms with Gasteiger partial charge in [0.05, 0.1) is 13.2 Å². The number of nitrogens with one attached hydrogen (secondary N) is 2. The van der Waals surface area contributed by atoms with E-state index in [1.54, 1.807) is 0 Å². The fourth-order valence-corrected chi connectivity index (χ4v) is 1.49. The lowest BCUT2D eigenvalue weighted by Crippen LogP contribution is -2.36. The van der Waals surface area contributed by atoms with E-state index in [-0.39, 0.29) is 24.7 Å². The van der Waals surface area contributed by atoms with Gasteiger partial charge in [0.1, 0.15) is 12.2 Å². The predicted octanol–water partition coefficient (Wildman–Crippen LogP) is -1.61. The average Bonchev–Trinajstić information content (AvgIpc) is 2.60. The second-order valence-electron chi connectivity index (χ2n) is 3.48. The Hall–Kier alpha value is -1.44. The molecule has 0 spiro atoms. The van der Waals surface area contributed by atoms with Gasteiger partial charge >= 0.3 is 0 Å². The fourth-order valence-electron chi connectivity index (χ4n) is 1.49. The van der Waals surface area contributed by atoms with Gasteiger partial charge in [-0.25, -0.2) is 0 Å². The van der Waals surface area contributed by atoms with E-state index in [2.05, 4.69) is 9.97 Å². The molecule has 1 aromatic heterocycles. The lowest BCUT2D eigenvalue weighted by atomic mass is 10.1. The van der Waals surface area contributed by atoms with Gasteiger partial charge in [0, 0.05) is 6.20 Å². The van der Waals surface area contributed by atoms with Gasteiger partial charge in [-0.3, -0.25) is 5.41 Å². The van der Waals surface area contributed by atoms with E-state index in [1.165, 1.54) is 12.3 Å². The molecule has 0 amide bonds. The van der Waals surface area contributed by atoms with Crippen molar-refractivity contribution in [1.29, 1.82) is 5.41 Å². The highest BCUT2D eigenvalue weighted by molar-refractivity contribution is 4.96. The minimum atomic E-state index is -0.894. The molecule has 3 atom stereocenters. The first-order valence-electron chi connectivity index (χ1n) is 4.88. The Morgan fingerprint density at radius 3 is 3.12 bits per heavy atom. The topological polar surface area (TPSA) is 111 Å². The Labute approximate surface area is 91.2 Å².